The predicted molar refractivity (Wildman–Crippen MR) is 62.1 cm³/mol. The average molecular weight is 228 g/mol. The Morgan fingerprint density at radius 2 is 2.33 bits per heavy atom. The Morgan fingerprint density at radius 1 is 1.53 bits per heavy atom. The van der Waals surface area contributed by atoms with Crippen LogP contribution in [0.1, 0.15) is 44.4 Å². The second-order valence-electron chi connectivity index (χ2n) is 4.28. The molecule has 0 amide bonds. The molecule has 0 saturated heterocycles. The van der Waals surface area contributed by atoms with E-state index in [2.05, 4.69) is 12.2 Å². The van der Waals surface area contributed by atoms with Gasteiger partial charge in [-0.15, -0.1) is 0 Å². The highest BCUT2D eigenvalue weighted by Gasteiger charge is 2.24. The second kappa shape index (κ2) is 5.04. The highest BCUT2D eigenvalue weighted by atomic mass is 35.5. The first-order chi connectivity index (χ1) is 7.29. The summed E-state index contributed by atoms with van der Waals surface area (Å²) in [4.78, 5) is 0. The molecule has 1 atom stereocenters. The Labute approximate surface area is 96.0 Å². The molecule has 1 unspecified atom stereocenters. The van der Waals surface area contributed by atoms with E-state index in [1.807, 2.05) is 12.1 Å². The Balaban J connectivity index is 1.97. The van der Waals surface area contributed by atoms with Crippen molar-refractivity contribution in [3.05, 3.63) is 23.1 Å². The van der Waals surface area contributed by atoms with E-state index in [1.54, 1.807) is 0 Å². The van der Waals surface area contributed by atoms with E-state index in [0.29, 0.717) is 11.3 Å². The number of hydrogen-bond donors (Lipinski definition) is 1. The van der Waals surface area contributed by atoms with E-state index >= 15 is 0 Å². The van der Waals surface area contributed by atoms with Crippen molar-refractivity contribution in [1.82, 2.24) is 5.32 Å². The molecule has 3 heteroatoms. The summed E-state index contributed by atoms with van der Waals surface area (Å²) in [6.07, 6.45) is 5.31. The maximum absolute atomic E-state index is 5.79. The summed E-state index contributed by atoms with van der Waals surface area (Å²) >= 11 is 5.79. The minimum atomic E-state index is 0.341. The lowest BCUT2D eigenvalue weighted by molar-refractivity contribution is 0.248. The van der Waals surface area contributed by atoms with Crippen LogP contribution in [0.5, 0.6) is 0 Å². The summed E-state index contributed by atoms with van der Waals surface area (Å²) in [6.45, 7) is 3.09. The summed E-state index contributed by atoms with van der Waals surface area (Å²) in [5, 5.41) is 3.95. The SMILES string of the molecule is CCNC(CC1CCC1)c1ccc(Cl)o1. The quantitative estimate of drug-likeness (QED) is 0.829. The maximum Gasteiger partial charge on any atom is 0.193 e. The van der Waals surface area contributed by atoms with Crippen LogP contribution in [0.25, 0.3) is 0 Å². The van der Waals surface area contributed by atoms with Crippen molar-refractivity contribution in [3.63, 3.8) is 0 Å². The molecule has 84 valence electrons. The number of furan rings is 1. The summed E-state index contributed by atoms with van der Waals surface area (Å²) in [5.41, 5.74) is 0. The van der Waals surface area contributed by atoms with E-state index in [4.69, 9.17) is 16.0 Å². The Bertz CT molecular complexity index is 306. The van der Waals surface area contributed by atoms with Crippen molar-refractivity contribution in [3.8, 4) is 0 Å². The highest BCUT2D eigenvalue weighted by Crippen LogP contribution is 2.35. The molecule has 0 aliphatic heterocycles. The molecule has 1 heterocycles. The highest BCUT2D eigenvalue weighted by molar-refractivity contribution is 6.28. The van der Waals surface area contributed by atoms with Gasteiger partial charge in [-0.2, -0.15) is 0 Å². The van der Waals surface area contributed by atoms with E-state index in [-0.39, 0.29) is 0 Å². The number of hydrogen-bond acceptors (Lipinski definition) is 2. The van der Waals surface area contributed by atoms with Crippen molar-refractivity contribution >= 4 is 11.6 Å². The molecule has 15 heavy (non-hydrogen) atoms. The third-order valence-corrected chi connectivity index (χ3v) is 3.38. The van der Waals surface area contributed by atoms with Crippen LogP contribution in [0, 0.1) is 5.92 Å². The molecule has 1 aromatic heterocycles. The lowest BCUT2D eigenvalue weighted by atomic mass is 9.80. The maximum atomic E-state index is 5.79. The van der Waals surface area contributed by atoms with Gasteiger partial charge in [-0.3, -0.25) is 0 Å². The number of nitrogens with one attached hydrogen (secondary N) is 1. The van der Waals surface area contributed by atoms with Crippen LogP contribution in [0.15, 0.2) is 16.5 Å². The largest absolute Gasteiger partial charge is 0.448 e. The Kier molecular flexibility index (Phi) is 3.71. The van der Waals surface area contributed by atoms with E-state index < -0.39 is 0 Å². The smallest absolute Gasteiger partial charge is 0.193 e. The molecule has 0 radical (unpaired) electrons. The van der Waals surface area contributed by atoms with E-state index in [9.17, 15) is 0 Å². The number of rotatable bonds is 5. The fourth-order valence-corrected chi connectivity index (χ4v) is 2.28. The Hall–Kier alpha value is -0.470. The van der Waals surface area contributed by atoms with Gasteiger partial charge >= 0.3 is 0 Å². The zero-order valence-corrected chi connectivity index (χ0v) is 9.89. The van der Waals surface area contributed by atoms with Crippen molar-refractivity contribution in [2.24, 2.45) is 5.92 Å². The zero-order chi connectivity index (χ0) is 10.7. The lowest BCUT2D eigenvalue weighted by Crippen LogP contribution is -2.25. The average Bonchev–Trinajstić information content (AvgIpc) is 2.56. The first-order valence-electron chi connectivity index (χ1n) is 5.78. The van der Waals surface area contributed by atoms with Gasteiger partial charge in [-0.25, -0.2) is 0 Å². The first-order valence-corrected chi connectivity index (χ1v) is 6.16. The van der Waals surface area contributed by atoms with Gasteiger partial charge in [0.05, 0.1) is 6.04 Å². The monoisotopic (exact) mass is 227 g/mol. The topological polar surface area (TPSA) is 25.2 Å². The standard InChI is InChI=1S/C12H18ClNO/c1-2-14-10(8-9-4-3-5-9)11-6-7-12(13)15-11/h6-7,9-10,14H,2-5,8H2,1H3. The van der Waals surface area contributed by atoms with Gasteiger partial charge in [0.1, 0.15) is 5.76 Å². The Morgan fingerprint density at radius 3 is 2.80 bits per heavy atom. The second-order valence-corrected chi connectivity index (χ2v) is 4.66. The summed E-state index contributed by atoms with van der Waals surface area (Å²) in [7, 11) is 0. The third kappa shape index (κ3) is 2.76. The van der Waals surface area contributed by atoms with Gasteiger partial charge in [0.2, 0.25) is 0 Å². The molecule has 2 rings (SSSR count). The molecule has 1 aromatic rings. The van der Waals surface area contributed by atoms with Crippen molar-refractivity contribution in [2.45, 2.75) is 38.6 Å². The van der Waals surface area contributed by atoms with Gasteiger partial charge in [0.25, 0.3) is 0 Å². The normalized spacial score (nSPS) is 18.8. The van der Waals surface area contributed by atoms with E-state index in [0.717, 1.165) is 18.2 Å². The van der Waals surface area contributed by atoms with Crippen molar-refractivity contribution in [2.75, 3.05) is 6.54 Å². The molecule has 0 spiro atoms. The molecule has 2 nitrogen and oxygen atoms in total. The molecular weight excluding hydrogens is 210 g/mol. The van der Waals surface area contributed by atoms with Crippen molar-refractivity contribution in [1.29, 1.82) is 0 Å². The van der Waals surface area contributed by atoms with Crippen LogP contribution >= 0.6 is 11.6 Å². The number of halogens is 1. The lowest BCUT2D eigenvalue weighted by Gasteiger charge is -2.29. The van der Waals surface area contributed by atoms with Gasteiger partial charge in [-0.05, 0) is 42.6 Å². The summed E-state index contributed by atoms with van der Waals surface area (Å²) in [6, 6.07) is 4.14. The predicted octanol–water partition coefficient (Wildman–Crippen LogP) is 3.77. The molecular formula is C12H18ClNO. The first kappa shape index (κ1) is 11.0. The van der Waals surface area contributed by atoms with Crippen LogP contribution in [0.2, 0.25) is 5.22 Å². The van der Waals surface area contributed by atoms with Gasteiger partial charge in [0, 0.05) is 0 Å². The fourth-order valence-electron chi connectivity index (χ4n) is 2.12. The summed E-state index contributed by atoms with van der Waals surface area (Å²) in [5.74, 6) is 1.85. The van der Waals surface area contributed by atoms with Gasteiger partial charge in [-0.1, -0.05) is 26.2 Å². The van der Waals surface area contributed by atoms with Crippen LogP contribution in [-0.2, 0) is 0 Å². The molecule has 1 saturated carbocycles. The minimum Gasteiger partial charge on any atom is -0.448 e. The molecule has 1 fully saturated rings. The molecule has 0 aromatic carbocycles. The van der Waals surface area contributed by atoms with Gasteiger partial charge in [0.15, 0.2) is 5.22 Å². The van der Waals surface area contributed by atoms with Crippen LogP contribution in [0.3, 0.4) is 0 Å². The molecule has 1 aliphatic carbocycles. The summed E-state index contributed by atoms with van der Waals surface area (Å²) < 4.78 is 5.47. The molecule has 0 bridgehead atoms. The van der Waals surface area contributed by atoms with Crippen molar-refractivity contribution < 1.29 is 4.42 Å². The minimum absolute atomic E-state index is 0.341. The van der Waals surface area contributed by atoms with Crippen LogP contribution < -0.4 is 5.32 Å². The van der Waals surface area contributed by atoms with E-state index in [1.165, 1.54) is 25.7 Å². The fraction of sp³-hybridized carbons (Fsp3) is 0.667. The molecule has 1 aliphatic rings. The van der Waals surface area contributed by atoms with Gasteiger partial charge < -0.3 is 9.73 Å². The third-order valence-electron chi connectivity index (χ3n) is 3.18. The zero-order valence-electron chi connectivity index (χ0n) is 9.13. The van der Waals surface area contributed by atoms with Crippen LogP contribution in [0.4, 0.5) is 0 Å². The molecule has 1 N–H and O–H groups in total. The van der Waals surface area contributed by atoms with Crippen LogP contribution in [-0.4, -0.2) is 6.54 Å².